The summed E-state index contributed by atoms with van der Waals surface area (Å²) in [5, 5.41) is 10.7. The predicted molar refractivity (Wildman–Crippen MR) is 220 cm³/mol. The van der Waals surface area contributed by atoms with Crippen LogP contribution in [0.5, 0.6) is 5.75 Å². The fraction of sp³-hybridized carbons (Fsp3) is 0.465. The molecule has 3 aromatic carbocycles. The molecule has 12 heteroatoms. The van der Waals surface area contributed by atoms with Crippen LogP contribution in [-0.4, -0.2) is 42.7 Å². The smallest absolute Gasteiger partial charge is 0.337 e. The van der Waals surface area contributed by atoms with Gasteiger partial charge >= 0.3 is 5.97 Å². The van der Waals surface area contributed by atoms with E-state index in [1.165, 1.54) is 108 Å². The summed E-state index contributed by atoms with van der Waals surface area (Å²) in [6.07, 6.45) is 17.6. The van der Waals surface area contributed by atoms with Crippen LogP contribution in [-0.2, 0) is 20.7 Å². The van der Waals surface area contributed by atoms with E-state index in [-0.39, 0.29) is 45.0 Å². The van der Waals surface area contributed by atoms with Gasteiger partial charge in [-0.2, -0.15) is 10.1 Å². The number of nitrogens with one attached hydrogen (secondary N) is 2. The molecule has 296 valence electrons. The molecule has 0 fully saturated rings. The number of nitrogens with zero attached hydrogens (tertiary/aromatic N) is 2. The molecule has 0 aromatic heterocycles. The van der Waals surface area contributed by atoms with Crippen molar-refractivity contribution in [2.45, 2.75) is 123 Å². The van der Waals surface area contributed by atoms with Gasteiger partial charge in [0.25, 0.3) is 17.7 Å². The van der Waals surface area contributed by atoms with E-state index in [2.05, 4.69) is 28.7 Å². The molecule has 3 aromatic rings. The summed E-state index contributed by atoms with van der Waals surface area (Å²) in [6, 6.07) is 17.0. The van der Waals surface area contributed by atoms with Crippen LogP contribution in [0.2, 0.25) is 10.0 Å². The van der Waals surface area contributed by atoms with Crippen LogP contribution in [0.4, 0.5) is 11.4 Å². The highest BCUT2D eigenvalue weighted by Crippen LogP contribution is 2.37. The second kappa shape index (κ2) is 22.8. The number of carbonyl (C=O) groups is 4. The van der Waals surface area contributed by atoms with Gasteiger partial charge in [0.15, 0.2) is 6.10 Å². The van der Waals surface area contributed by atoms with Gasteiger partial charge in [-0.3, -0.25) is 14.4 Å². The number of amidine groups is 1. The van der Waals surface area contributed by atoms with Crippen molar-refractivity contribution in [2.75, 3.05) is 17.4 Å². The monoisotopic (exact) mass is 792 g/mol. The van der Waals surface area contributed by atoms with E-state index in [1.54, 1.807) is 18.2 Å². The first-order chi connectivity index (χ1) is 26.6. The Kier molecular flexibility index (Phi) is 18.0. The first-order valence-electron chi connectivity index (χ1n) is 19.6. The molecule has 3 amide bonds. The minimum Gasteiger partial charge on any atom is -0.481 e. The molecule has 1 aliphatic heterocycles. The molecule has 0 radical (unpaired) electrons. The third kappa shape index (κ3) is 13.7. The summed E-state index contributed by atoms with van der Waals surface area (Å²) >= 11 is 12.7. The molecule has 0 bridgehead atoms. The molecule has 1 unspecified atom stereocenters. The Morgan fingerprint density at radius 2 is 1.40 bits per heavy atom. The summed E-state index contributed by atoms with van der Waals surface area (Å²) in [6.45, 7) is 4.14. The van der Waals surface area contributed by atoms with Crippen LogP contribution in [0.3, 0.4) is 0 Å². The fourth-order valence-electron chi connectivity index (χ4n) is 6.45. The summed E-state index contributed by atoms with van der Waals surface area (Å²) in [4.78, 5) is 51.2. The van der Waals surface area contributed by atoms with Gasteiger partial charge in [-0.25, -0.2) is 4.79 Å². The van der Waals surface area contributed by atoms with Crippen molar-refractivity contribution in [1.82, 2.24) is 5.32 Å². The maximum Gasteiger partial charge on any atom is 0.337 e. The van der Waals surface area contributed by atoms with Gasteiger partial charge in [-0.15, -0.1) is 0 Å². The van der Waals surface area contributed by atoms with Crippen LogP contribution in [0.25, 0.3) is 0 Å². The van der Waals surface area contributed by atoms with E-state index in [0.29, 0.717) is 17.9 Å². The molecule has 4 rings (SSSR count). The third-order valence-corrected chi connectivity index (χ3v) is 10.1. The fourth-order valence-corrected chi connectivity index (χ4v) is 7.10. The predicted octanol–water partition coefficient (Wildman–Crippen LogP) is 10.7. The number of carbonyl (C=O) groups excluding carboxylic acids is 4. The van der Waals surface area contributed by atoms with Crippen LogP contribution < -0.4 is 20.4 Å². The largest absolute Gasteiger partial charge is 0.481 e. The highest BCUT2D eigenvalue weighted by molar-refractivity contribution is 6.41. The van der Waals surface area contributed by atoms with Gasteiger partial charge in [0.1, 0.15) is 17.3 Å². The zero-order valence-corrected chi connectivity index (χ0v) is 33.8. The number of hydrogen-bond acceptors (Lipinski definition) is 7. The lowest BCUT2D eigenvalue weighted by atomic mass is 10.0. The van der Waals surface area contributed by atoms with Gasteiger partial charge < -0.3 is 20.1 Å². The Labute approximate surface area is 335 Å². The number of unbranched alkanes of at least 4 members (excludes halogenated alkanes) is 12. The molecule has 55 heavy (non-hydrogen) atoms. The van der Waals surface area contributed by atoms with Crippen molar-refractivity contribution in [3.8, 4) is 5.75 Å². The lowest BCUT2D eigenvalue weighted by Crippen LogP contribution is -2.32. The maximum absolute atomic E-state index is 13.3. The van der Waals surface area contributed by atoms with Crippen LogP contribution in [0, 0.1) is 0 Å². The van der Waals surface area contributed by atoms with Gasteiger partial charge in [0.05, 0.1) is 29.1 Å². The Balaban J connectivity index is 1.23. The number of esters is 1. The van der Waals surface area contributed by atoms with Crippen LogP contribution in [0.1, 0.15) is 136 Å². The molecule has 0 saturated heterocycles. The van der Waals surface area contributed by atoms with Crippen molar-refractivity contribution in [3.63, 3.8) is 0 Å². The SMILES string of the molecule is CCCCCCCCCCCCCCCc1cccc(OC(CC)C(=O)Nc2cccc(C(=O)NC3=NN(c4c(Cl)cc(C(=O)OC)cc4Cl)C(=O)C3)c2)c1. The van der Waals surface area contributed by atoms with E-state index >= 15 is 0 Å². The third-order valence-electron chi connectivity index (χ3n) is 9.48. The molecule has 0 saturated carbocycles. The van der Waals surface area contributed by atoms with E-state index in [1.807, 2.05) is 25.1 Å². The number of amides is 3. The Morgan fingerprint density at radius 1 is 0.782 bits per heavy atom. The highest BCUT2D eigenvalue weighted by Gasteiger charge is 2.31. The number of halogens is 2. The molecule has 2 N–H and O–H groups in total. The summed E-state index contributed by atoms with van der Waals surface area (Å²) in [7, 11) is 1.22. The first-order valence-corrected chi connectivity index (χ1v) is 20.3. The molecule has 1 heterocycles. The number of hydrazone groups is 1. The number of ether oxygens (including phenoxy) is 2. The summed E-state index contributed by atoms with van der Waals surface area (Å²) in [5.74, 6) is -1.28. The number of hydrogen-bond donors (Lipinski definition) is 2. The topological polar surface area (TPSA) is 126 Å². The Hall–Kier alpha value is -4.41. The van der Waals surface area contributed by atoms with Crippen molar-refractivity contribution >= 4 is 64.1 Å². The molecule has 1 atom stereocenters. The van der Waals surface area contributed by atoms with E-state index in [4.69, 9.17) is 32.7 Å². The Bertz CT molecular complexity index is 1780. The van der Waals surface area contributed by atoms with Crippen molar-refractivity contribution in [1.29, 1.82) is 0 Å². The Morgan fingerprint density at radius 3 is 2.02 bits per heavy atom. The normalized spacial score (nSPS) is 13.0. The van der Waals surface area contributed by atoms with Crippen molar-refractivity contribution < 1.29 is 28.7 Å². The summed E-state index contributed by atoms with van der Waals surface area (Å²) < 4.78 is 10.8. The van der Waals surface area contributed by atoms with E-state index in [0.717, 1.165) is 17.9 Å². The zero-order chi connectivity index (χ0) is 39.6. The number of methoxy groups -OCH3 is 1. The second-order valence-corrected chi connectivity index (χ2v) is 14.7. The second-order valence-electron chi connectivity index (χ2n) is 13.9. The van der Waals surface area contributed by atoms with Gasteiger partial charge in [0, 0.05) is 11.3 Å². The summed E-state index contributed by atoms with van der Waals surface area (Å²) in [5.41, 5.74) is 2.02. The minimum atomic E-state index is -0.741. The number of aryl methyl sites for hydroxylation is 1. The van der Waals surface area contributed by atoms with E-state index < -0.39 is 23.9 Å². The molecular weight excluding hydrogens is 739 g/mol. The lowest BCUT2D eigenvalue weighted by molar-refractivity contribution is -0.122. The number of rotatable bonds is 22. The van der Waals surface area contributed by atoms with Gasteiger partial charge in [0.2, 0.25) is 0 Å². The van der Waals surface area contributed by atoms with Gasteiger partial charge in [-0.05, 0) is 67.3 Å². The van der Waals surface area contributed by atoms with Crippen molar-refractivity contribution in [3.05, 3.63) is 87.4 Å². The average Bonchev–Trinajstić information content (AvgIpc) is 3.53. The van der Waals surface area contributed by atoms with E-state index in [9.17, 15) is 19.2 Å². The maximum atomic E-state index is 13.3. The quantitative estimate of drug-likeness (QED) is 0.0770. The number of anilines is 2. The number of benzene rings is 3. The minimum absolute atomic E-state index is 0.00751. The lowest BCUT2D eigenvalue weighted by Gasteiger charge is -2.18. The van der Waals surface area contributed by atoms with Crippen LogP contribution in [0.15, 0.2) is 65.8 Å². The molecule has 0 aliphatic carbocycles. The highest BCUT2D eigenvalue weighted by atomic mass is 35.5. The molecule has 0 spiro atoms. The van der Waals surface area contributed by atoms with Crippen LogP contribution >= 0.6 is 23.2 Å². The van der Waals surface area contributed by atoms with Crippen molar-refractivity contribution in [2.24, 2.45) is 5.10 Å². The molecular formula is C43H54Cl2N4O6. The zero-order valence-electron chi connectivity index (χ0n) is 32.3. The molecule has 10 nitrogen and oxygen atoms in total. The van der Waals surface area contributed by atoms with Gasteiger partial charge in [-0.1, -0.05) is 132 Å². The first kappa shape index (κ1) is 43.3. The average molecular weight is 794 g/mol. The standard InChI is InChI=1S/C43H54Cl2N4O6/c1-4-6-7-8-9-10-11-12-13-14-15-16-17-20-30-21-18-24-34(25-30)55-37(5-2)42(52)46-33-23-19-22-31(26-33)41(51)47-38-29-39(50)49(48-38)40-35(44)27-32(28-36(40)45)43(53)54-3/h18-19,21-28,37H,4-17,20,29H2,1-3H3,(H,46,52)(H,47,48,51). The molecule has 1 aliphatic rings.